The van der Waals surface area contributed by atoms with Gasteiger partial charge in [-0.05, 0) is 75.5 Å². The van der Waals surface area contributed by atoms with Crippen LogP contribution in [0.3, 0.4) is 0 Å². The number of fused-ring (bicyclic) bond motifs is 1. The lowest BCUT2D eigenvalue weighted by Crippen LogP contribution is -2.31. The summed E-state index contributed by atoms with van der Waals surface area (Å²) in [5, 5.41) is 0. The van der Waals surface area contributed by atoms with E-state index in [4.69, 9.17) is 4.74 Å². The zero-order valence-electron chi connectivity index (χ0n) is 14.2. The molecule has 0 N–H and O–H groups in total. The van der Waals surface area contributed by atoms with Gasteiger partial charge in [-0.25, -0.2) is 0 Å². The van der Waals surface area contributed by atoms with E-state index in [1.807, 2.05) is 0 Å². The van der Waals surface area contributed by atoms with Gasteiger partial charge in [-0.3, -0.25) is 4.90 Å². The fourth-order valence-electron chi connectivity index (χ4n) is 3.69. The first kappa shape index (κ1) is 15.8. The van der Waals surface area contributed by atoms with Crippen LogP contribution in [0.25, 0.3) is 0 Å². The lowest BCUT2D eigenvalue weighted by molar-refractivity contribution is 0.182. The summed E-state index contributed by atoms with van der Waals surface area (Å²) in [6, 6.07) is 6.77. The van der Waals surface area contributed by atoms with E-state index in [9.17, 15) is 0 Å². The highest BCUT2D eigenvalue weighted by Crippen LogP contribution is 2.26. The highest BCUT2D eigenvalue weighted by atomic mass is 16.5. The van der Waals surface area contributed by atoms with Gasteiger partial charge in [-0.15, -0.1) is 0 Å². The number of hydrogen-bond donors (Lipinski definition) is 0. The Morgan fingerprint density at radius 1 is 1.14 bits per heavy atom. The molecule has 0 spiro atoms. The first-order chi connectivity index (χ1) is 10.7. The molecule has 0 saturated carbocycles. The van der Waals surface area contributed by atoms with Crippen LogP contribution >= 0.6 is 0 Å². The molecule has 0 aromatic heterocycles. The summed E-state index contributed by atoms with van der Waals surface area (Å²) in [6.07, 6.45) is 6.39. The molecule has 0 amide bonds. The second kappa shape index (κ2) is 7.47. The third-order valence-corrected chi connectivity index (χ3v) is 5.01. The normalized spacial score (nSPS) is 23.8. The quantitative estimate of drug-likeness (QED) is 0.848. The van der Waals surface area contributed by atoms with Crippen molar-refractivity contribution in [2.24, 2.45) is 0 Å². The van der Waals surface area contributed by atoms with Crippen LogP contribution in [0.15, 0.2) is 18.2 Å². The van der Waals surface area contributed by atoms with Crippen molar-refractivity contribution in [3.8, 4) is 5.75 Å². The lowest BCUT2D eigenvalue weighted by Gasteiger charge is -2.29. The summed E-state index contributed by atoms with van der Waals surface area (Å²) in [4.78, 5) is 4.98. The fraction of sp³-hybridized carbons (Fsp3) is 0.684. The van der Waals surface area contributed by atoms with Gasteiger partial charge in [0.15, 0.2) is 0 Å². The largest absolute Gasteiger partial charge is 0.490 e. The molecular weight excluding hydrogens is 272 g/mol. The minimum absolute atomic E-state index is 0.387. The van der Waals surface area contributed by atoms with Gasteiger partial charge >= 0.3 is 0 Å². The van der Waals surface area contributed by atoms with E-state index in [0.29, 0.717) is 6.10 Å². The number of rotatable bonds is 4. The molecule has 0 bridgehead atoms. The molecule has 2 aliphatic heterocycles. The van der Waals surface area contributed by atoms with Gasteiger partial charge in [-0.1, -0.05) is 13.0 Å². The zero-order chi connectivity index (χ0) is 15.4. The maximum atomic E-state index is 6.30. The highest BCUT2D eigenvalue weighted by Gasteiger charge is 2.19. The van der Waals surface area contributed by atoms with Crippen LogP contribution in [0.5, 0.6) is 5.75 Å². The Bertz CT molecular complexity index is 488. The van der Waals surface area contributed by atoms with Gasteiger partial charge in [0, 0.05) is 19.6 Å². The lowest BCUT2D eigenvalue weighted by atomic mass is 9.99. The van der Waals surface area contributed by atoms with Crippen molar-refractivity contribution >= 4 is 0 Å². The summed E-state index contributed by atoms with van der Waals surface area (Å²) in [7, 11) is 2.21. The molecule has 1 atom stereocenters. The Kier molecular flexibility index (Phi) is 5.37. The summed E-state index contributed by atoms with van der Waals surface area (Å²) >= 11 is 0. The van der Waals surface area contributed by atoms with Gasteiger partial charge in [0.2, 0.25) is 0 Å². The van der Waals surface area contributed by atoms with Crippen molar-refractivity contribution < 1.29 is 4.74 Å². The molecule has 3 rings (SSSR count). The molecule has 1 aromatic rings. The van der Waals surface area contributed by atoms with Crippen LogP contribution in [-0.4, -0.2) is 49.1 Å². The molecule has 1 aromatic carbocycles. The molecule has 0 radical (unpaired) electrons. The van der Waals surface area contributed by atoms with Crippen molar-refractivity contribution in [2.45, 2.75) is 51.7 Å². The van der Waals surface area contributed by atoms with Gasteiger partial charge in [-0.2, -0.15) is 0 Å². The molecule has 2 aliphatic rings. The zero-order valence-corrected chi connectivity index (χ0v) is 14.2. The van der Waals surface area contributed by atoms with Crippen LogP contribution in [-0.2, 0) is 13.0 Å². The van der Waals surface area contributed by atoms with Crippen LogP contribution in [0.1, 0.15) is 43.7 Å². The van der Waals surface area contributed by atoms with E-state index < -0.39 is 0 Å². The Morgan fingerprint density at radius 3 is 2.91 bits per heavy atom. The van der Waals surface area contributed by atoms with Crippen molar-refractivity contribution in [3.05, 3.63) is 29.3 Å². The average molecular weight is 302 g/mol. The third-order valence-electron chi connectivity index (χ3n) is 5.01. The molecule has 1 unspecified atom stereocenters. The number of hydrogen-bond acceptors (Lipinski definition) is 3. The second-order valence-electron chi connectivity index (χ2n) is 6.93. The molecule has 2 heterocycles. The topological polar surface area (TPSA) is 15.7 Å². The van der Waals surface area contributed by atoms with Crippen molar-refractivity contribution in [3.63, 3.8) is 0 Å². The molecule has 1 saturated heterocycles. The van der Waals surface area contributed by atoms with E-state index in [0.717, 1.165) is 25.3 Å². The summed E-state index contributed by atoms with van der Waals surface area (Å²) in [5.41, 5.74) is 2.99. The Hall–Kier alpha value is -1.06. The summed E-state index contributed by atoms with van der Waals surface area (Å²) in [6.45, 7) is 8.12. The van der Waals surface area contributed by atoms with E-state index in [1.165, 1.54) is 56.4 Å². The highest BCUT2D eigenvalue weighted by molar-refractivity contribution is 5.37. The Labute approximate surface area is 135 Å². The predicted molar refractivity (Wildman–Crippen MR) is 91.5 cm³/mol. The molecule has 122 valence electrons. The summed E-state index contributed by atoms with van der Waals surface area (Å²) in [5.74, 6) is 1.08. The van der Waals surface area contributed by atoms with Crippen LogP contribution < -0.4 is 4.74 Å². The van der Waals surface area contributed by atoms with Gasteiger partial charge in [0.25, 0.3) is 0 Å². The van der Waals surface area contributed by atoms with Crippen LogP contribution in [0.4, 0.5) is 0 Å². The summed E-state index contributed by atoms with van der Waals surface area (Å²) < 4.78 is 6.30. The van der Waals surface area contributed by atoms with Crippen LogP contribution in [0.2, 0.25) is 0 Å². The van der Waals surface area contributed by atoms with Crippen molar-refractivity contribution in [1.82, 2.24) is 9.80 Å². The molecule has 1 fully saturated rings. The number of likely N-dealkylation sites (tertiary alicyclic amines) is 1. The van der Waals surface area contributed by atoms with Gasteiger partial charge in [0.1, 0.15) is 5.75 Å². The van der Waals surface area contributed by atoms with E-state index >= 15 is 0 Å². The van der Waals surface area contributed by atoms with E-state index in [1.54, 1.807) is 0 Å². The minimum Gasteiger partial charge on any atom is -0.490 e. The number of nitrogens with zero attached hydrogens (tertiary/aromatic N) is 2. The third kappa shape index (κ3) is 4.02. The Balaban J connectivity index is 1.64. The Morgan fingerprint density at radius 2 is 2.05 bits per heavy atom. The molecule has 0 aliphatic carbocycles. The first-order valence-electron chi connectivity index (χ1n) is 8.94. The van der Waals surface area contributed by atoms with E-state index in [2.05, 4.69) is 42.0 Å². The first-order valence-corrected chi connectivity index (χ1v) is 8.94. The van der Waals surface area contributed by atoms with E-state index in [-0.39, 0.29) is 0 Å². The minimum atomic E-state index is 0.387. The number of ether oxygens (including phenoxy) is 1. The standard InChI is InChI=1S/C19H30N2O/c1-3-10-21-13-8-16-6-7-19(14-17(16)15-21)22-18-5-4-11-20(2)12-9-18/h6-7,14,18H,3-5,8-13,15H2,1-2H3. The second-order valence-corrected chi connectivity index (χ2v) is 6.93. The van der Waals surface area contributed by atoms with Gasteiger partial charge < -0.3 is 9.64 Å². The average Bonchev–Trinajstić information content (AvgIpc) is 2.72. The maximum Gasteiger partial charge on any atom is 0.120 e. The molecular formula is C19H30N2O. The molecule has 22 heavy (non-hydrogen) atoms. The predicted octanol–water partition coefficient (Wildman–Crippen LogP) is 3.32. The fourth-order valence-corrected chi connectivity index (χ4v) is 3.69. The van der Waals surface area contributed by atoms with Crippen molar-refractivity contribution in [2.75, 3.05) is 33.2 Å². The van der Waals surface area contributed by atoms with Crippen LogP contribution in [0, 0.1) is 0 Å². The monoisotopic (exact) mass is 302 g/mol. The molecule has 3 heteroatoms. The van der Waals surface area contributed by atoms with Crippen molar-refractivity contribution in [1.29, 1.82) is 0 Å². The maximum absolute atomic E-state index is 6.30. The SMILES string of the molecule is CCCN1CCc2ccc(OC3CCCN(C)CC3)cc2C1. The molecule has 3 nitrogen and oxygen atoms in total. The smallest absolute Gasteiger partial charge is 0.120 e. The van der Waals surface area contributed by atoms with Gasteiger partial charge in [0.05, 0.1) is 6.10 Å². The number of benzene rings is 1.